The molecule has 0 aromatic heterocycles. The van der Waals surface area contributed by atoms with E-state index in [1.54, 1.807) is 25.1 Å². The van der Waals surface area contributed by atoms with Gasteiger partial charge in [0.2, 0.25) is 10.0 Å². The maximum Gasteiger partial charge on any atom is 0.249 e. The first-order chi connectivity index (χ1) is 7.90. The minimum atomic E-state index is -3.71. The van der Waals surface area contributed by atoms with E-state index in [1.807, 2.05) is 0 Å². The first-order valence-corrected chi connectivity index (χ1v) is 7.48. The predicted molar refractivity (Wildman–Crippen MR) is 71.4 cm³/mol. The Morgan fingerprint density at radius 1 is 1.59 bits per heavy atom. The van der Waals surface area contributed by atoms with Crippen molar-refractivity contribution in [1.82, 2.24) is 0 Å². The van der Waals surface area contributed by atoms with Crippen molar-refractivity contribution in [1.29, 1.82) is 5.26 Å². The van der Waals surface area contributed by atoms with E-state index in [4.69, 9.17) is 16.9 Å². The van der Waals surface area contributed by atoms with E-state index >= 15 is 0 Å². The minimum Gasteiger partial charge on any atom is -0.281 e. The van der Waals surface area contributed by atoms with Gasteiger partial charge in [-0.25, -0.2) is 8.42 Å². The molecule has 0 aliphatic carbocycles. The Balaban J connectivity index is 3.06. The third-order valence-electron chi connectivity index (χ3n) is 2.07. The van der Waals surface area contributed by atoms with Crippen molar-refractivity contribution < 1.29 is 8.42 Å². The molecule has 0 aliphatic heterocycles. The van der Waals surface area contributed by atoms with Gasteiger partial charge in [-0.3, -0.25) is 4.72 Å². The average molecular weight is 338 g/mol. The first kappa shape index (κ1) is 14.3. The second-order valence-corrected chi connectivity index (χ2v) is 6.45. The van der Waals surface area contributed by atoms with Crippen LogP contribution in [-0.4, -0.2) is 13.7 Å². The molecular weight excluding hydrogens is 328 g/mol. The molecular formula is C10H10BrClN2O2S. The Bertz CT molecular complexity index is 554. The van der Waals surface area contributed by atoms with Crippen molar-refractivity contribution in [3.63, 3.8) is 0 Å². The van der Waals surface area contributed by atoms with Crippen molar-refractivity contribution in [3.8, 4) is 6.07 Å². The Morgan fingerprint density at radius 3 is 2.76 bits per heavy atom. The highest BCUT2D eigenvalue weighted by molar-refractivity contribution is 9.10. The third-order valence-corrected chi connectivity index (χ3v) is 4.69. The fourth-order valence-corrected chi connectivity index (χ4v) is 3.02. The van der Waals surface area contributed by atoms with Gasteiger partial charge in [0.25, 0.3) is 0 Å². The summed E-state index contributed by atoms with van der Waals surface area (Å²) in [7, 11) is -3.71. The van der Waals surface area contributed by atoms with Crippen LogP contribution in [0.4, 0.5) is 5.69 Å². The lowest BCUT2D eigenvalue weighted by Gasteiger charge is -2.12. The van der Waals surface area contributed by atoms with Gasteiger partial charge in [-0.05, 0) is 40.5 Å². The molecule has 1 N–H and O–H groups in total. The molecule has 0 amide bonds. The number of anilines is 1. The molecule has 1 unspecified atom stereocenters. The van der Waals surface area contributed by atoms with Crippen LogP contribution < -0.4 is 4.72 Å². The molecule has 7 heteroatoms. The number of hydrogen-bond acceptors (Lipinski definition) is 3. The summed E-state index contributed by atoms with van der Waals surface area (Å²) < 4.78 is 26.6. The van der Waals surface area contributed by atoms with Crippen LogP contribution in [0.3, 0.4) is 0 Å². The van der Waals surface area contributed by atoms with Crippen LogP contribution in [-0.2, 0) is 10.0 Å². The largest absolute Gasteiger partial charge is 0.281 e. The summed E-state index contributed by atoms with van der Waals surface area (Å²) in [5.41, 5.74) is 0.325. The molecule has 0 saturated heterocycles. The fraction of sp³-hybridized carbons (Fsp3) is 0.300. The van der Waals surface area contributed by atoms with Gasteiger partial charge in [0.1, 0.15) is 0 Å². The van der Waals surface area contributed by atoms with Gasteiger partial charge in [0.05, 0.1) is 11.8 Å². The maximum absolute atomic E-state index is 11.8. The van der Waals surface area contributed by atoms with Crippen LogP contribution in [0.15, 0.2) is 22.7 Å². The Kier molecular flexibility index (Phi) is 4.80. The zero-order chi connectivity index (χ0) is 13.1. The van der Waals surface area contributed by atoms with E-state index in [-0.39, 0.29) is 6.42 Å². The Morgan fingerprint density at radius 2 is 2.24 bits per heavy atom. The number of halogens is 2. The zero-order valence-corrected chi connectivity index (χ0v) is 12.1. The molecule has 0 radical (unpaired) electrons. The van der Waals surface area contributed by atoms with Gasteiger partial charge in [-0.15, -0.1) is 0 Å². The fourth-order valence-electron chi connectivity index (χ4n) is 1.18. The van der Waals surface area contributed by atoms with Crippen LogP contribution in [0.1, 0.15) is 13.3 Å². The lowest BCUT2D eigenvalue weighted by atomic mass is 10.3. The summed E-state index contributed by atoms with van der Waals surface area (Å²) in [5.74, 6) is 0. The molecule has 1 aromatic carbocycles. The van der Waals surface area contributed by atoms with E-state index in [9.17, 15) is 8.42 Å². The summed E-state index contributed by atoms with van der Waals surface area (Å²) >= 11 is 8.98. The summed E-state index contributed by atoms with van der Waals surface area (Å²) in [6.45, 7) is 1.64. The molecule has 0 heterocycles. The summed E-state index contributed by atoms with van der Waals surface area (Å²) in [5, 5.41) is 8.09. The van der Waals surface area contributed by atoms with Crippen molar-refractivity contribution in [2.45, 2.75) is 18.6 Å². The molecule has 0 fully saturated rings. The predicted octanol–water partition coefficient (Wildman–Crippen LogP) is 3.15. The third kappa shape index (κ3) is 3.60. The minimum absolute atomic E-state index is 0.226. The lowest BCUT2D eigenvalue weighted by molar-refractivity contribution is 0.593. The second kappa shape index (κ2) is 5.71. The molecule has 0 aliphatic rings. The van der Waals surface area contributed by atoms with E-state index in [2.05, 4.69) is 20.7 Å². The number of hydrogen-bond donors (Lipinski definition) is 1. The summed E-state index contributed by atoms with van der Waals surface area (Å²) in [6.07, 6.45) is 0.226. The summed E-state index contributed by atoms with van der Waals surface area (Å²) in [6, 6.07) is 6.49. The molecule has 1 atom stereocenters. The van der Waals surface area contributed by atoms with E-state index in [1.165, 1.54) is 6.07 Å². The highest BCUT2D eigenvalue weighted by atomic mass is 79.9. The van der Waals surface area contributed by atoms with Gasteiger partial charge in [-0.2, -0.15) is 5.26 Å². The molecule has 1 rings (SSSR count). The number of nitrogens with one attached hydrogen (secondary N) is 1. The van der Waals surface area contributed by atoms with Gasteiger partial charge >= 0.3 is 0 Å². The van der Waals surface area contributed by atoms with Crippen LogP contribution in [0.25, 0.3) is 0 Å². The zero-order valence-electron chi connectivity index (χ0n) is 8.94. The molecule has 92 valence electrons. The van der Waals surface area contributed by atoms with Crippen LogP contribution in [0, 0.1) is 11.3 Å². The molecule has 0 bridgehead atoms. The normalized spacial score (nSPS) is 12.8. The Hall–Kier alpha value is -0.770. The van der Waals surface area contributed by atoms with Crippen LogP contribution >= 0.6 is 27.5 Å². The van der Waals surface area contributed by atoms with Crippen molar-refractivity contribution in [2.24, 2.45) is 0 Å². The molecule has 0 spiro atoms. The van der Waals surface area contributed by atoms with Gasteiger partial charge in [0.15, 0.2) is 5.25 Å². The number of benzene rings is 1. The van der Waals surface area contributed by atoms with E-state index in [0.717, 1.165) is 0 Å². The number of sulfonamides is 1. The molecule has 0 saturated carbocycles. The van der Waals surface area contributed by atoms with Crippen molar-refractivity contribution in [3.05, 3.63) is 27.7 Å². The SMILES string of the molecule is CCC(C#N)S(=O)(=O)Nc1cc(Cl)ccc1Br. The number of rotatable bonds is 4. The summed E-state index contributed by atoms with van der Waals surface area (Å²) in [4.78, 5) is 0. The molecule has 17 heavy (non-hydrogen) atoms. The highest BCUT2D eigenvalue weighted by Gasteiger charge is 2.24. The molecule has 1 aromatic rings. The van der Waals surface area contributed by atoms with Gasteiger partial charge in [0, 0.05) is 9.50 Å². The quantitative estimate of drug-likeness (QED) is 0.917. The topological polar surface area (TPSA) is 70.0 Å². The lowest BCUT2D eigenvalue weighted by Crippen LogP contribution is -2.26. The smallest absolute Gasteiger partial charge is 0.249 e. The van der Waals surface area contributed by atoms with Crippen LogP contribution in [0.5, 0.6) is 0 Å². The van der Waals surface area contributed by atoms with E-state index in [0.29, 0.717) is 15.2 Å². The first-order valence-electron chi connectivity index (χ1n) is 4.77. The van der Waals surface area contributed by atoms with Gasteiger partial charge < -0.3 is 0 Å². The number of nitrogens with zero attached hydrogens (tertiary/aromatic N) is 1. The van der Waals surface area contributed by atoms with Crippen molar-refractivity contribution >= 4 is 43.2 Å². The molecule has 4 nitrogen and oxygen atoms in total. The number of nitriles is 1. The maximum atomic E-state index is 11.8. The Labute approximate surface area is 114 Å². The average Bonchev–Trinajstić information content (AvgIpc) is 2.24. The van der Waals surface area contributed by atoms with Crippen molar-refractivity contribution in [2.75, 3.05) is 4.72 Å². The monoisotopic (exact) mass is 336 g/mol. The highest BCUT2D eigenvalue weighted by Crippen LogP contribution is 2.27. The van der Waals surface area contributed by atoms with E-state index < -0.39 is 15.3 Å². The van der Waals surface area contributed by atoms with Crippen LogP contribution in [0.2, 0.25) is 5.02 Å². The van der Waals surface area contributed by atoms with Gasteiger partial charge in [-0.1, -0.05) is 18.5 Å². The standard InChI is InChI=1S/C10H10BrClN2O2S/c1-2-8(6-13)17(15,16)14-10-5-7(12)3-4-9(10)11/h3-5,8,14H,2H2,1H3. The second-order valence-electron chi connectivity index (χ2n) is 3.30.